The van der Waals surface area contributed by atoms with Crippen molar-refractivity contribution < 1.29 is 9.53 Å². The first kappa shape index (κ1) is 18.7. The highest BCUT2D eigenvalue weighted by Crippen LogP contribution is 2.31. The second kappa shape index (κ2) is 8.22. The van der Waals surface area contributed by atoms with Gasteiger partial charge in [0.25, 0.3) is 5.91 Å². The molecule has 0 unspecified atom stereocenters. The van der Waals surface area contributed by atoms with Crippen molar-refractivity contribution in [1.82, 2.24) is 20.1 Å². The van der Waals surface area contributed by atoms with E-state index in [1.54, 1.807) is 0 Å². The van der Waals surface area contributed by atoms with Crippen molar-refractivity contribution in [2.45, 2.75) is 32.1 Å². The lowest BCUT2D eigenvalue weighted by Crippen LogP contribution is -2.37. The Labute approximate surface area is 173 Å². The Hall–Kier alpha value is -2.29. The van der Waals surface area contributed by atoms with Gasteiger partial charge in [0, 0.05) is 37.1 Å². The standard InChI is InChI=1S/C21H25N5O2S/c27-20(16-6-3-5-15-14-4-1-2-7-17(14)22-19(15)16)23-21-25-24-18(29-21)8-9-26-10-12-28-13-11-26/h3,5-6,22H,1-2,4,7-13H2,(H,23,25,27). The van der Waals surface area contributed by atoms with Gasteiger partial charge in [-0.25, -0.2) is 0 Å². The average Bonchev–Trinajstić information content (AvgIpc) is 3.37. The number of morpholine rings is 1. The van der Waals surface area contributed by atoms with Crippen LogP contribution in [0.4, 0.5) is 5.13 Å². The predicted molar refractivity (Wildman–Crippen MR) is 114 cm³/mol. The van der Waals surface area contributed by atoms with Gasteiger partial charge in [-0.1, -0.05) is 23.5 Å². The number of fused-ring (bicyclic) bond motifs is 3. The highest BCUT2D eigenvalue weighted by atomic mass is 32.1. The second-order valence-electron chi connectivity index (χ2n) is 7.68. The number of carbonyl (C=O) groups is 1. The van der Waals surface area contributed by atoms with Crippen LogP contribution in [-0.4, -0.2) is 58.8 Å². The molecule has 2 aliphatic rings. The number of carbonyl (C=O) groups excluding carboxylic acids is 1. The molecule has 8 heteroatoms. The predicted octanol–water partition coefficient (Wildman–Crippen LogP) is 3.03. The number of aromatic amines is 1. The molecule has 1 amide bonds. The number of H-pyrrole nitrogens is 1. The summed E-state index contributed by atoms with van der Waals surface area (Å²) in [4.78, 5) is 18.8. The molecule has 2 N–H and O–H groups in total. The summed E-state index contributed by atoms with van der Waals surface area (Å²) in [6, 6.07) is 5.95. The van der Waals surface area contributed by atoms with Gasteiger partial charge in [0.1, 0.15) is 5.01 Å². The lowest BCUT2D eigenvalue weighted by atomic mass is 9.95. The van der Waals surface area contributed by atoms with E-state index in [0.717, 1.165) is 62.6 Å². The van der Waals surface area contributed by atoms with Crippen LogP contribution < -0.4 is 5.32 Å². The molecule has 1 aromatic carbocycles. The Bertz CT molecular complexity index is 1020. The highest BCUT2D eigenvalue weighted by Gasteiger charge is 2.20. The van der Waals surface area contributed by atoms with Gasteiger partial charge in [-0.3, -0.25) is 15.0 Å². The summed E-state index contributed by atoms with van der Waals surface area (Å²) in [6.45, 7) is 4.47. The molecule has 1 aliphatic heterocycles. The summed E-state index contributed by atoms with van der Waals surface area (Å²) in [7, 11) is 0. The zero-order valence-electron chi connectivity index (χ0n) is 16.4. The number of aromatic nitrogens is 3. The van der Waals surface area contributed by atoms with E-state index in [9.17, 15) is 4.79 Å². The molecule has 7 nitrogen and oxygen atoms in total. The van der Waals surface area contributed by atoms with Gasteiger partial charge >= 0.3 is 0 Å². The minimum Gasteiger partial charge on any atom is -0.379 e. The number of para-hydroxylation sites is 1. The first-order valence-corrected chi connectivity index (χ1v) is 11.2. The number of aryl methyl sites for hydroxylation is 2. The number of anilines is 1. The number of hydrogen-bond acceptors (Lipinski definition) is 6. The van der Waals surface area contributed by atoms with Crippen LogP contribution in [0.1, 0.15) is 39.5 Å². The van der Waals surface area contributed by atoms with Crippen LogP contribution >= 0.6 is 11.3 Å². The van der Waals surface area contributed by atoms with Gasteiger partial charge in [0.15, 0.2) is 0 Å². The molecule has 0 saturated carbocycles. The normalized spacial score (nSPS) is 17.4. The van der Waals surface area contributed by atoms with Crippen LogP contribution in [0.25, 0.3) is 10.9 Å². The van der Waals surface area contributed by atoms with Crippen molar-refractivity contribution in [3.8, 4) is 0 Å². The zero-order chi connectivity index (χ0) is 19.6. The molecule has 1 aliphatic carbocycles. The number of benzene rings is 1. The Kier molecular flexibility index (Phi) is 5.30. The second-order valence-corrected chi connectivity index (χ2v) is 8.74. The molecular formula is C21H25N5O2S. The molecule has 3 heterocycles. The molecule has 29 heavy (non-hydrogen) atoms. The Morgan fingerprint density at radius 3 is 2.97 bits per heavy atom. The van der Waals surface area contributed by atoms with Gasteiger partial charge in [-0.2, -0.15) is 0 Å². The number of ether oxygens (including phenoxy) is 1. The number of nitrogens with one attached hydrogen (secondary N) is 2. The monoisotopic (exact) mass is 411 g/mol. The number of amides is 1. The summed E-state index contributed by atoms with van der Waals surface area (Å²) in [5.41, 5.74) is 4.27. The molecular weight excluding hydrogens is 386 g/mol. The Morgan fingerprint density at radius 1 is 1.21 bits per heavy atom. The fraction of sp³-hybridized carbons (Fsp3) is 0.476. The first-order chi connectivity index (χ1) is 14.3. The quantitative estimate of drug-likeness (QED) is 0.674. The van der Waals surface area contributed by atoms with E-state index in [1.807, 2.05) is 12.1 Å². The van der Waals surface area contributed by atoms with Crippen LogP contribution in [0.5, 0.6) is 0 Å². The van der Waals surface area contributed by atoms with E-state index in [-0.39, 0.29) is 5.91 Å². The Morgan fingerprint density at radius 2 is 2.07 bits per heavy atom. The van der Waals surface area contributed by atoms with E-state index >= 15 is 0 Å². The largest absolute Gasteiger partial charge is 0.379 e. The van der Waals surface area contributed by atoms with Crippen LogP contribution in [0.15, 0.2) is 18.2 Å². The topological polar surface area (TPSA) is 83.1 Å². The SMILES string of the molecule is O=C(Nc1nnc(CCN2CCOCC2)s1)c1cccc2c3c([nH]c12)CCCC3. The lowest BCUT2D eigenvalue weighted by Gasteiger charge is -2.25. The van der Waals surface area contributed by atoms with Crippen LogP contribution in [-0.2, 0) is 24.0 Å². The summed E-state index contributed by atoms with van der Waals surface area (Å²) in [5, 5.41) is 14.0. The molecule has 152 valence electrons. The molecule has 2 aromatic heterocycles. The van der Waals surface area contributed by atoms with Gasteiger partial charge in [-0.15, -0.1) is 10.2 Å². The zero-order valence-corrected chi connectivity index (χ0v) is 17.2. The number of hydrogen-bond donors (Lipinski definition) is 2. The van der Waals surface area contributed by atoms with Crippen LogP contribution in [0, 0.1) is 0 Å². The van der Waals surface area contributed by atoms with E-state index in [0.29, 0.717) is 10.7 Å². The summed E-state index contributed by atoms with van der Waals surface area (Å²) >= 11 is 1.45. The molecule has 1 fully saturated rings. The smallest absolute Gasteiger partial charge is 0.259 e. The van der Waals surface area contributed by atoms with Crippen molar-refractivity contribution in [1.29, 1.82) is 0 Å². The van der Waals surface area contributed by atoms with Crippen molar-refractivity contribution in [2.75, 3.05) is 38.2 Å². The van der Waals surface area contributed by atoms with Gasteiger partial charge in [0.2, 0.25) is 5.13 Å². The fourth-order valence-electron chi connectivity index (χ4n) is 4.27. The van der Waals surface area contributed by atoms with Gasteiger partial charge in [-0.05, 0) is 37.3 Å². The third-order valence-electron chi connectivity index (χ3n) is 5.81. The van der Waals surface area contributed by atoms with Gasteiger partial charge < -0.3 is 9.72 Å². The molecule has 3 aromatic rings. The van der Waals surface area contributed by atoms with Crippen molar-refractivity contribution in [3.05, 3.63) is 40.0 Å². The maximum atomic E-state index is 12.9. The van der Waals surface area contributed by atoms with Crippen molar-refractivity contribution in [3.63, 3.8) is 0 Å². The average molecular weight is 412 g/mol. The molecule has 5 rings (SSSR count). The number of nitrogens with zero attached hydrogens (tertiary/aromatic N) is 3. The van der Waals surface area contributed by atoms with E-state index in [1.165, 1.54) is 40.8 Å². The van der Waals surface area contributed by atoms with E-state index < -0.39 is 0 Å². The minimum atomic E-state index is -0.134. The summed E-state index contributed by atoms with van der Waals surface area (Å²) in [6.07, 6.45) is 5.41. The molecule has 0 bridgehead atoms. The van der Waals surface area contributed by atoms with Crippen molar-refractivity contribution >= 4 is 33.3 Å². The minimum absolute atomic E-state index is 0.134. The van der Waals surface area contributed by atoms with Gasteiger partial charge in [0.05, 0.1) is 24.3 Å². The molecule has 1 saturated heterocycles. The lowest BCUT2D eigenvalue weighted by molar-refractivity contribution is 0.0384. The van der Waals surface area contributed by atoms with Crippen molar-refractivity contribution in [2.24, 2.45) is 0 Å². The highest BCUT2D eigenvalue weighted by molar-refractivity contribution is 7.15. The Balaban J connectivity index is 1.28. The molecule has 0 spiro atoms. The third-order valence-corrected chi connectivity index (χ3v) is 6.71. The number of rotatable bonds is 5. The third kappa shape index (κ3) is 3.92. The van der Waals surface area contributed by atoms with Crippen LogP contribution in [0.2, 0.25) is 0 Å². The van der Waals surface area contributed by atoms with E-state index in [4.69, 9.17) is 4.74 Å². The maximum Gasteiger partial charge on any atom is 0.259 e. The fourth-order valence-corrected chi connectivity index (χ4v) is 4.99. The first-order valence-electron chi connectivity index (χ1n) is 10.3. The van der Waals surface area contributed by atoms with Crippen LogP contribution in [0.3, 0.4) is 0 Å². The summed E-state index contributed by atoms with van der Waals surface area (Å²) in [5.74, 6) is -0.134. The van der Waals surface area contributed by atoms with E-state index in [2.05, 4.69) is 31.5 Å². The maximum absolute atomic E-state index is 12.9. The summed E-state index contributed by atoms with van der Waals surface area (Å²) < 4.78 is 5.38. The molecule has 0 atom stereocenters. The molecule has 0 radical (unpaired) electrons.